The van der Waals surface area contributed by atoms with Crippen LogP contribution in [0.25, 0.3) is 0 Å². The van der Waals surface area contributed by atoms with E-state index in [4.69, 9.17) is 0 Å². The van der Waals surface area contributed by atoms with E-state index in [-0.39, 0.29) is 5.92 Å². The zero-order chi connectivity index (χ0) is 9.14. The van der Waals surface area contributed by atoms with E-state index in [1.807, 2.05) is 25.1 Å². The average molecular weight is 292 g/mol. The number of halogens is 2. The Morgan fingerprint density at radius 3 is 2.67 bits per heavy atom. The van der Waals surface area contributed by atoms with Crippen LogP contribution in [0, 0.1) is 0 Å². The fourth-order valence-corrected chi connectivity index (χ4v) is 1.95. The molecule has 0 aliphatic rings. The predicted octanol–water partition coefficient (Wildman–Crippen LogP) is 3.51. The third kappa shape index (κ3) is 1.96. The highest BCUT2D eigenvalue weighted by Crippen LogP contribution is 2.30. The van der Waals surface area contributed by atoms with E-state index in [0.29, 0.717) is 0 Å². The van der Waals surface area contributed by atoms with Gasteiger partial charge in [-0.2, -0.15) is 0 Å². The summed E-state index contributed by atoms with van der Waals surface area (Å²) in [7, 11) is 0. The number of carbonyl (C=O) groups excluding carboxylic acids is 1. The minimum atomic E-state index is -0.0584. The van der Waals surface area contributed by atoms with Gasteiger partial charge < -0.3 is 4.79 Å². The van der Waals surface area contributed by atoms with Gasteiger partial charge in [0.2, 0.25) is 0 Å². The Labute approximate surface area is 88.4 Å². The maximum absolute atomic E-state index is 10.5. The van der Waals surface area contributed by atoms with Gasteiger partial charge in [-0.15, -0.1) is 0 Å². The van der Waals surface area contributed by atoms with Crippen LogP contribution >= 0.6 is 31.9 Å². The third-order valence-corrected chi connectivity index (χ3v) is 3.75. The van der Waals surface area contributed by atoms with Crippen LogP contribution in [0.1, 0.15) is 18.4 Å². The minimum absolute atomic E-state index is 0.0584. The highest BCUT2D eigenvalue weighted by Gasteiger charge is 2.09. The molecular weight excluding hydrogens is 284 g/mol. The molecule has 0 aliphatic heterocycles. The molecule has 0 amide bonds. The van der Waals surface area contributed by atoms with Gasteiger partial charge in [-0.25, -0.2) is 0 Å². The van der Waals surface area contributed by atoms with Crippen molar-refractivity contribution in [3.63, 3.8) is 0 Å². The quantitative estimate of drug-likeness (QED) is 0.762. The van der Waals surface area contributed by atoms with E-state index < -0.39 is 0 Å². The first kappa shape index (κ1) is 9.93. The molecule has 0 bridgehead atoms. The molecule has 1 atom stereocenters. The van der Waals surface area contributed by atoms with Gasteiger partial charge in [0.05, 0.1) is 0 Å². The molecular formula is C9H8Br2O. The van der Waals surface area contributed by atoms with Crippen LogP contribution in [0.2, 0.25) is 0 Å². The van der Waals surface area contributed by atoms with Gasteiger partial charge >= 0.3 is 0 Å². The van der Waals surface area contributed by atoms with Crippen LogP contribution in [-0.4, -0.2) is 6.29 Å². The van der Waals surface area contributed by atoms with Crippen LogP contribution in [-0.2, 0) is 4.79 Å². The molecule has 12 heavy (non-hydrogen) atoms. The van der Waals surface area contributed by atoms with Gasteiger partial charge in [0.15, 0.2) is 0 Å². The smallest absolute Gasteiger partial charge is 0.127 e. The Bertz CT molecular complexity index is 297. The summed E-state index contributed by atoms with van der Waals surface area (Å²) < 4.78 is 1.94. The largest absolute Gasteiger partial charge is 0.303 e. The average Bonchev–Trinajstić information content (AvgIpc) is 2.08. The fraction of sp³-hybridized carbons (Fsp3) is 0.222. The lowest BCUT2D eigenvalue weighted by molar-refractivity contribution is -0.108. The summed E-state index contributed by atoms with van der Waals surface area (Å²) in [5.41, 5.74) is 1.01. The molecule has 1 rings (SSSR count). The predicted molar refractivity (Wildman–Crippen MR) is 56.3 cm³/mol. The van der Waals surface area contributed by atoms with Gasteiger partial charge in [-0.3, -0.25) is 0 Å². The molecule has 1 aromatic carbocycles. The zero-order valence-electron chi connectivity index (χ0n) is 6.55. The first-order chi connectivity index (χ1) is 5.66. The molecule has 64 valence electrons. The van der Waals surface area contributed by atoms with E-state index in [2.05, 4.69) is 31.9 Å². The molecule has 0 spiro atoms. The lowest BCUT2D eigenvalue weighted by Gasteiger charge is -2.07. The van der Waals surface area contributed by atoms with Crippen molar-refractivity contribution in [2.45, 2.75) is 12.8 Å². The maximum atomic E-state index is 10.5. The Hall–Kier alpha value is -0.150. The molecule has 1 unspecified atom stereocenters. The molecule has 0 fully saturated rings. The number of carbonyl (C=O) groups is 1. The van der Waals surface area contributed by atoms with E-state index >= 15 is 0 Å². The first-order valence-electron chi connectivity index (χ1n) is 3.56. The molecule has 1 nitrogen and oxygen atoms in total. The van der Waals surface area contributed by atoms with Crippen molar-refractivity contribution in [1.82, 2.24) is 0 Å². The summed E-state index contributed by atoms with van der Waals surface area (Å²) in [5, 5.41) is 0. The van der Waals surface area contributed by atoms with Gasteiger partial charge in [-0.1, -0.05) is 19.1 Å². The second-order valence-corrected chi connectivity index (χ2v) is 4.22. The van der Waals surface area contributed by atoms with E-state index in [0.717, 1.165) is 20.8 Å². The topological polar surface area (TPSA) is 17.1 Å². The van der Waals surface area contributed by atoms with Crippen molar-refractivity contribution in [3.05, 3.63) is 32.7 Å². The second kappa shape index (κ2) is 4.19. The van der Waals surface area contributed by atoms with E-state index in [9.17, 15) is 4.79 Å². The molecule has 1 aromatic rings. The zero-order valence-corrected chi connectivity index (χ0v) is 9.72. The summed E-state index contributed by atoms with van der Waals surface area (Å²) in [6.07, 6.45) is 0.937. The summed E-state index contributed by atoms with van der Waals surface area (Å²) in [6, 6.07) is 5.79. The van der Waals surface area contributed by atoms with Gasteiger partial charge in [0.25, 0.3) is 0 Å². The maximum Gasteiger partial charge on any atom is 0.127 e. The normalized spacial score (nSPS) is 12.6. The number of aldehydes is 1. The van der Waals surface area contributed by atoms with Crippen molar-refractivity contribution >= 4 is 38.1 Å². The van der Waals surface area contributed by atoms with Gasteiger partial charge in [-0.05, 0) is 43.5 Å². The summed E-state index contributed by atoms with van der Waals surface area (Å²) in [5.74, 6) is -0.0584. The lowest BCUT2D eigenvalue weighted by Crippen LogP contribution is -1.95. The Morgan fingerprint density at radius 1 is 1.42 bits per heavy atom. The van der Waals surface area contributed by atoms with Crippen molar-refractivity contribution < 1.29 is 4.79 Å². The van der Waals surface area contributed by atoms with Crippen LogP contribution < -0.4 is 0 Å². The van der Waals surface area contributed by atoms with E-state index in [1.54, 1.807) is 0 Å². The van der Waals surface area contributed by atoms with Crippen molar-refractivity contribution in [1.29, 1.82) is 0 Å². The second-order valence-electron chi connectivity index (χ2n) is 2.57. The highest BCUT2D eigenvalue weighted by atomic mass is 79.9. The van der Waals surface area contributed by atoms with Crippen LogP contribution in [0.15, 0.2) is 27.1 Å². The van der Waals surface area contributed by atoms with Gasteiger partial charge in [0.1, 0.15) is 6.29 Å². The Balaban J connectivity index is 3.15. The van der Waals surface area contributed by atoms with Crippen molar-refractivity contribution in [2.75, 3.05) is 0 Å². The first-order valence-corrected chi connectivity index (χ1v) is 5.14. The fourth-order valence-electron chi connectivity index (χ4n) is 0.945. The summed E-state index contributed by atoms with van der Waals surface area (Å²) >= 11 is 6.80. The van der Waals surface area contributed by atoms with Crippen LogP contribution in [0.5, 0.6) is 0 Å². The molecule has 3 heteroatoms. The molecule has 0 aromatic heterocycles. The number of benzene rings is 1. The van der Waals surface area contributed by atoms with Crippen molar-refractivity contribution in [3.8, 4) is 0 Å². The SMILES string of the molecule is CC(C=O)c1cccc(Br)c1Br. The number of hydrogen-bond donors (Lipinski definition) is 0. The molecule has 0 N–H and O–H groups in total. The Kier molecular flexibility index (Phi) is 3.47. The molecule has 0 radical (unpaired) electrons. The van der Waals surface area contributed by atoms with Crippen molar-refractivity contribution in [2.24, 2.45) is 0 Å². The van der Waals surface area contributed by atoms with Crippen LogP contribution in [0.4, 0.5) is 0 Å². The Morgan fingerprint density at radius 2 is 2.08 bits per heavy atom. The number of hydrogen-bond acceptors (Lipinski definition) is 1. The van der Waals surface area contributed by atoms with Gasteiger partial charge in [0, 0.05) is 14.9 Å². The number of rotatable bonds is 2. The molecule has 0 saturated heterocycles. The summed E-state index contributed by atoms with van der Waals surface area (Å²) in [6.45, 7) is 1.87. The molecule has 0 saturated carbocycles. The molecule has 0 heterocycles. The minimum Gasteiger partial charge on any atom is -0.303 e. The monoisotopic (exact) mass is 290 g/mol. The summed E-state index contributed by atoms with van der Waals surface area (Å²) in [4.78, 5) is 10.5. The lowest BCUT2D eigenvalue weighted by atomic mass is 10.0. The standard InChI is InChI=1S/C9H8Br2O/c1-6(5-12)7-3-2-4-8(10)9(7)11/h2-6H,1H3. The highest BCUT2D eigenvalue weighted by molar-refractivity contribution is 9.13. The molecule has 0 aliphatic carbocycles. The van der Waals surface area contributed by atoms with E-state index in [1.165, 1.54) is 0 Å². The third-order valence-electron chi connectivity index (χ3n) is 1.68. The van der Waals surface area contributed by atoms with Crippen LogP contribution in [0.3, 0.4) is 0 Å².